The monoisotopic (exact) mass is 374 g/mol. The second-order valence-electron chi connectivity index (χ2n) is 9.79. The molecule has 150 valence electrons. The Bertz CT molecular complexity index is 667. The molecule has 3 fully saturated rings. The molecule has 4 aliphatic rings. The van der Waals surface area contributed by atoms with Crippen molar-refractivity contribution in [1.82, 2.24) is 0 Å². The van der Waals surface area contributed by atoms with Gasteiger partial charge < -0.3 is 9.47 Å². The molecule has 4 rings (SSSR count). The van der Waals surface area contributed by atoms with Crippen LogP contribution in [0.3, 0.4) is 0 Å². The van der Waals surface area contributed by atoms with Crippen LogP contribution in [0.2, 0.25) is 0 Å². The highest BCUT2D eigenvalue weighted by Gasteiger charge is 2.60. The molecule has 0 aromatic heterocycles. The van der Waals surface area contributed by atoms with Gasteiger partial charge in [-0.1, -0.05) is 26.3 Å². The summed E-state index contributed by atoms with van der Waals surface area (Å²) in [5.74, 6) is 2.00. The summed E-state index contributed by atoms with van der Waals surface area (Å²) in [6, 6.07) is 0. The quantitative estimate of drug-likeness (QED) is 0.684. The van der Waals surface area contributed by atoms with E-state index in [1.807, 2.05) is 13.0 Å². The van der Waals surface area contributed by atoms with E-state index >= 15 is 0 Å². The Morgan fingerprint density at radius 2 is 1.96 bits per heavy atom. The van der Waals surface area contributed by atoms with Crippen LogP contribution >= 0.6 is 0 Å². The van der Waals surface area contributed by atoms with Crippen LogP contribution in [0, 0.1) is 28.6 Å². The largest absolute Gasteiger partial charge is 0.462 e. The average molecular weight is 375 g/mol. The van der Waals surface area contributed by atoms with Crippen molar-refractivity contribution < 1.29 is 19.1 Å². The number of ether oxygens (including phenoxy) is 2. The molecule has 7 atom stereocenters. The van der Waals surface area contributed by atoms with Crippen LogP contribution in [0.15, 0.2) is 11.6 Å². The average Bonchev–Trinajstić information content (AvgIpc) is 2.98. The molecule has 4 heteroatoms. The van der Waals surface area contributed by atoms with Crippen molar-refractivity contribution in [3.8, 4) is 0 Å². The van der Waals surface area contributed by atoms with Gasteiger partial charge in [-0.3, -0.25) is 9.59 Å². The van der Waals surface area contributed by atoms with Crippen LogP contribution < -0.4 is 0 Å². The summed E-state index contributed by atoms with van der Waals surface area (Å²) in [4.78, 5) is 24.3. The van der Waals surface area contributed by atoms with E-state index in [1.165, 1.54) is 18.4 Å². The Morgan fingerprint density at radius 1 is 1.19 bits per heavy atom. The highest BCUT2D eigenvalue weighted by molar-refractivity contribution is 5.95. The highest BCUT2D eigenvalue weighted by atomic mass is 16.5. The van der Waals surface area contributed by atoms with Gasteiger partial charge in [0.2, 0.25) is 0 Å². The first-order valence-corrected chi connectivity index (χ1v) is 10.8. The van der Waals surface area contributed by atoms with Gasteiger partial charge in [-0.05, 0) is 74.2 Å². The number of hydrogen-bond acceptors (Lipinski definition) is 4. The second-order valence-corrected chi connectivity index (χ2v) is 9.79. The SMILES string of the molecule is CCC(=O)O[C@H]1CC[C@H]2[C@@H]3CCC4=CC(=O)C(OC)C[C@]4(C)[C@H]3CC[C@]12C. The molecule has 0 aliphatic heterocycles. The molecule has 0 aromatic carbocycles. The van der Waals surface area contributed by atoms with E-state index in [2.05, 4.69) is 13.8 Å². The minimum absolute atomic E-state index is 0.0569. The maximum atomic E-state index is 12.3. The molecule has 0 amide bonds. The first-order chi connectivity index (χ1) is 12.8. The van der Waals surface area contributed by atoms with E-state index in [-0.39, 0.29) is 34.8 Å². The Balaban J connectivity index is 1.60. The lowest BCUT2D eigenvalue weighted by Crippen LogP contribution is -2.53. The third-order valence-corrected chi connectivity index (χ3v) is 8.74. The molecule has 0 bridgehead atoms. The topological polar surface area (TPSA) is 52.6 Å². The van der Waals surface area contributed by atoms with Crippen molar-refractivity contribution in [2.24, 2.45) is 28.6 Å². The fraction of sp³-hybridized carbons (Fsp3) is 0.826. The molecule has 0 spiro atoms. The van der Waals surface area contributed by atoms with Crippen molar-refractivity contribution in [3.05, 3.63) is 11.6 Å². The van der Waals surface area contributed by atoms with E-state index < -0.39 is 0 Å². The number of allylic oxidation sites excluding steroid dienone is 1. The smallest absolute Gasteiger partial charge is 0.305 e. The third-order valence-electron chi connectivity index (χ3n) is 8.74. The van der Waals surface area contributed by atoms with Gasteiger partial charge >= 0.3 is 5.97 Å². The zero-order valence-corrected chi connectivity index (χ0v) is 17.3. The van der Waals surface area contributed by atoms with E-state index in [9.17, 15) is 9.59 Å². The van der Waals surface area contributed by atoms with Crippen molar-refractivity contribution in [1.29, 1.82) is 0 Å². The van der Waals surface area contributed by atoms with Crippen LogP contribution in [0.25, 0.3) is 0 Å². The van der Waals surface area contributed by atoms with E-state index in [1.54, 1.807) is 7.11 Å². The lowest BCUT2D eigenvalue weighted by Gasteiger charge is -2.58. The maximum absolute atomic E-state index is 12.3. The van der Waals surface area contributed by atoms with E-state index in [0.29, 0.717) is 24.2 Å². The zero-order valence-electron chi connectivity index (χ0n) is 17.3. The van der Waals surface area contributed by atoms with Crippen molar-refractivity contribution in [2.75, 3.05) is 7.11 Å². The van der Waals surface area contributed by atoms with Crippen LogP contribution in [-0.4, -0.2) is 31.1 Å². The number of hydrogen-bond donors (Lipinski definition) is 0. The van der Waals surface area contributed by atoms with E-state index in [0.717, 1.165) is 32.1 Å². The number of carbonyl (C=O) groups excluding carboxylic acids is 2. The molecule has 0 aromatic rings. The van der Waals surface area contributed by atoms with Gasteiger partial charge in [-0.2, -0.15) is 0 Å². The van der Waals surface area contributed by atoms with Gasteiger partial charge in [0.1, 0.15) is 12.2 Å². The van der Waals surface area contributed by atoms with Crippen molar-refractivity contribution in [2.45, 2.75) is 84.3 Å². The van der Waals surface area contributed by atoms with Crippen molar-refractivity contribution in [3.63, 3.8) is 0 Å². The van der Waals surface area contributed by atoms with Crippen LogP contribution in [0.4, 0.5) is 0 Å². The molecule has 4 nitrogen and oxygen atoms in total. The lowest BCUT2D eigenvalue weighted by atomic mass is 9.47. The highest BCUT2D eigenvalue weighted by Crippen LogP contribution is 2.65. The Kier molecular flexibility index (Phi) is 4.77. The van der Waals surface area contributed by atoms with Gasteiger partial charge in [0.15, 0.2) is 5.78 Å². The van der Waals surface area contributed by atoms with Gasteiger partial charge in [0, 0.05) is 18.9 Å². The number of carbonyl (C=O) groups is 2. The third kappa shape index (κ3) is 2.82. The van der Waals surface area contributed by atoms with Gasteiger partial charge in [-0.15, -0.1) is 0 Å². The van der Waals surface area contributed by atoms with Crippen LogP contribution in [-0.2, 0) is 19.1 Å². The van der Waals surface area contributed by atoms with Gasteiger partial charge in [0.05, 0.1) is 0 Å². The standard InChI is InChI=1S/C23H34O4/c1-5-21(25)27-20-9-8-16-15-7-6-14-12-18(24)19(26-4)13-23(14,3)17(15)10-11-22(16,20)2/h12,15-17,19-20H,5-11,13H2,1-4H3/t15-,16-,17-,19?,20-,22-,23-/m0/s1. The van der Waals surface area contributed by atoms with Gasteiger partial charge in [0.25, 0.3) is 0 Å². The zero-order chi connectivity index (χ0) is 19.4. The molecule has 0 radical (unpaired) electrons. The summed E-state index contributed by atoms with van der Waals surface area (Å²) < 4.78 is 11.4. The van der Waals surface area contributed by atoms with E-state index in [4.69, 9.17) is 9.47 Å². The molecule has 4 aliphatic carbocycles. The Hall–Kier alpha value is -1.16. The Morgan fingerprint density at radius 3 is 2.67 bits per heavy atom. The summed E-state index contributed by atoms with van der Waals surface area (Å²) in [5.41, 5.74) is 1.56. The molecule has 0 saturated heterocycles. The summed E-state index contributed by atoms with van der Waals surface area (Å²) in [7, 11) is 1.66. The summed E-state index contributed by atoms with van der Waals surface area (Å²) in [6.07, 6.45) is 9.66. The first kappa shape index (κ1) is 19.2. The first-order valence-electron chi connectivity index (χ1n) is 10.8. The summed E-state index contributed by atoms with van der Waals surface area (Å²) >= 11 is 0. The molecular formula is C23H34O4. The van der Waals surface area contributed by atoms with Crippen molar-refractivity contribution >= 4 is 11.8 Å². The number of ketones is 1. The number of methoxy groups -OCH3 is 1. The lowest BCUT2D eigenvalue weighted by molar-refractivity contribution is -0.159. The number of fused-ring (bicyclic) bond motifs is 5. The number of rotatable bonds is 3. The predicted molar refractivity (Wildman–Crippen MR) is 103 cm³/mol. The molecule has 0 heterocycles. The Labute approximate surface area is 163 Å². The molecular weight excluding hydrogens is 340 g/mol. The minimum Gasteiger partial charge on any atom is -0.462 e. The molecule has 3 saturated carbocycles. The predicted octanol–water partition coefficient (Wildman–Crippen LogP) is 4.47. The van der Waals surface area contributed by atoms with Crippen LogP contribution in [0.5, 0.6) is 0 Å². The minimum atomic E-state index is -0.285. The second kappa shape index (κ2) is 6.72. The van der Waals surface area contributed by atoms with Crippen LogP contribution in [0.1, 0.15) is 72.1 Å². The maximum Gasteiger partial charge on any atom is 0.305 e. The normalized spacial score (nSPS) is 46.1. The molecule has 27 heavy (non-hydrogen) atoms. The fourth-order valence-electron chi connectivity index (χ4n) is 7.18. The number of esters is 1. The fourth-order valence-corrected chi connectivity index (χ4v) is 7.18. The van der Waals surface area contributed by atoms with Gasteiger partial charge in [-0.25, -0.2) is 0 Å². The summed E-state index contributed by atoms with van der Waals surface area (Å²) in [6.45, 7) is 6.62. The summed E-state index contributed by atoms with van der Waals surface area (Å²) in [5, 5.41) is 0. The molecule has 1 unspecified atom stereocenters. The molecule has 0 N–H and O–H groups in total.